The maximum atomic E-state index is 4.33. The zero-order chi connectivity index (χ0) is 15.8. The number of allylic oxidation sites excluding steroid dienone is 4. The highest BCUT2D eigenvalue weighted by Gasteiger charge is 2.00. The smallest absolute Gasteiger partial charge is 0.0330 e. The third-order valence-corrected chi connectivity index (χ3v) is 4.45. The van der Waals surface area contributed by atoms with Crippen molar-refractivity contribution in [1.82, 2.24) is 0 Å². The fourth-order valence-electron chi connectivity index (χ4n) is 1.57. The molecule has 1 rings (SSSR count). The van der Waals surface area contributed by atoms with E-state index in [1.807, 2.05) is 26.1 Å². The third-order valence-electron chi connectivity index (χ3n) is 3.33. The zero-order valence-corrected chi connectivity index (χ0v) is 14.6. The molecule has 0 unspecified atom stereocenters. The van der Waals surface area contributed by atoms with Crippen molar-refractivity contribution in [1.29, 1.82) is 0 Å². The van der Waals surface area contributed by atoms with E-state index in [2.05, 4.69) is 56.6 Å². The van der Waals surface area contributed by atoms with Crippen LogP contribution in [-0.2, 0) is 0 Å². The van der Waals surface area contributed by atoms with Gasteiger partial charge in [0.25, 0.3) is 0 Å². The summed E-state index contributed by atoms with van der Waals surface area (Å²) in [4.78, 5) is 5.59. The lowest BCUT2D eigenvalue weighted by molar-refractivity contribution is 1.29. The standard InChI is InChI=1S/C19H25NS/c1-7-16(5)20-12-15(4)13-21-19-10-8-18(9-11-19)17(6)14(2)3/h7-12H,4,13H2,1-3,5-6H3/b16-7-,20-12?. The molecule has 0 heterocycles. The molecule has 0 fully saturated rings. The third kappa shape index (κ3) is 6.17. The number of nitrogens with zero attached hydrogens (tertiary/aromatic N) is 1. The molecular formula is C19H25NS. The minimum atomic E-state index is 0.863. The van der Waals surface area contributed by atoms with E-state index < -0.39 is 0 Å². The molecule has 0 aliphatic rings. The first kappa shape index (κ1) is 17.5. The maximum absolute atomic E-state index is 4.33. The Hall–Kier alpha value is -1.54. The van der Waals surface area contributed by atoms with Gasteiger partial charge in [-0.1, -0.05) is 30.4 Å². The van der Waals surface area contributed by atoms with Gasteiger partial charge in [-0.2, -0.15) is 0 Å². The van der Waals surface area contributed by atoms with E-state index in [0.29, 0.717) is 0 Å². The van der Waals surface area contributed by atoms with Gasteiger partial charge in [0.1, 0.15) is 0 Å². The van der Waals surface area contributed by atoms with Gasteiger partial charge in [-0.05, 0) is 63.5 Å². The van der Waals surface area contributed by atoms with E-state index in [0.717, 1.165) is 17.0 Å². The Morgan fingerprint density at radius 2 is 1.76 bits per heavy atom. The van der Waals surface area contributed by atoms with Gasteiger partial charge in [0.2, 0.25) is 0 Å². The van der Waals surface area contributed by atoms with Crippen LogP contribution in [0.15, 0.2) is 63.7 Å². The first-order valence-electron chi connectivity index (χ1n) is 7.16. The molecule has 0 bridgehead atoms. The second-order valence-corrected chi connectivity index (χ2v) is 6.33. The number of rotatable bonds is 6. The number of benzene rings is 1. The predicted octanol–water partition coefficient (Wildman–Crippen LogP) is 6.14. The van der Waals surface area contributed by atoms with E-state index >= 15 is 0 Å². The van der Waals surface area contributed by atoms with Crippen molar-refractivity contribution in [3.63, 3.8) is 0 Å². The van der Waals surface area contributed by atoms with Crippen molar-refractivity contribution >= 4 is 23.5 Å². The average Bonchev–Trinajstić information content (AvgIpc) is 2.50. The van der Waals surface area contributed by atoms with Crippen LogP contribution in [0.4, 0.5) is 0 Å². The van der Waals surface area contributed by atoms with Gasteiger partial charge in [-0.15, -0.1) is 11.8 Å². The van der Waals surface area contributed by atoms with Gasteiger partial charge in [0.05, 0.1) is 0 Å². The summed E-state index contributed by atoms with van der Waals surface area (Å²) in [5, 5.41) is 0. The molecule has 1 nitrogen and oxygen atoms in total. The highest BCUT2D eigenvalue weighted by Crippen LogP contribution is 2.24. The topological polar surface area (TPSA) is 12.4 Å². The molecule has 1 aromatic rings. The van der Waals surface area contributed by atoms with Crippen LogP contribution in [0.25, 0.3) is 5.57 Å². The lowest BCUT2D eigenvalue weighted by Crippen LogP contribution is -1.88. The van der Waals surface area contributed by atoms with Crippen LogP contribution >= 0.6 is 11.8 Å². The Bertz CT molecular complexity index is 570. The molecule has 2 heteroatoms. The monoisotopic (exact) mass is 299 g/mol. The van der Waals surface area contributed by atoms with Crippen LogP contribution < -0.4 is 0 Å². The first-order valence-corrected chi connectivity index (χ1v) is 8.14. The molecule has 0 radical (unpaired) electrons. The quantitative estimate of drug-likeness (QED) is 0.454. The highest BCUT2D eigenvalue weighted by atomic mass is 32.2. The Morgan fingerprint density at radius 3 is 2.29 bits per heavy atom. The largest absolute Gasteiger partial charge is 0.262 e. The summed E-state index contributed by atoms with van der Waals surface area (Å²) < 4.78 is 0. The van der Waals surface area contributed by atoms with Crippen molar-refractivity contribution in [3.05, 3.63) is 59.3 Å². The fraction of sp³-hybridized carbons (Fsp3) is 0.316. The summed E-state index contributed by atoms with van der Waals surface area (Å²) in [7, 11) is 0. The summed E-state index contributed by atoms with van der Waals surface area (Å²) in [6.45, 7) is 14.5. The fourth-order valence-corrected chi connectivity index (χ4v) is 2.33. The summed E-state index contributed by atoms with van der Waals surface area (Å²) in [5.74, 6) is 0.863. The molecule has 112 valence electrons. The second kappa shape index (κ2) is 8.68. The van der Waals surface area contributed by atoms with E-state index in [-0.39, 0.29) is 0 Å². The van der Waals surface area contributed by atoms with Gasteiger partial charge < -0.3 is 0 Å². The molecular weight excluding hydrogens is 274 g/mol. The van der Waals surface area contributed by atoms with Crippen molar-refractivity contribution in [2.75, 3.05) is 5.75 Å². The number of aliphatic imine (C=N–C) groups is 1. The number of hydrogen-bond donors (Lipinski definition) is 0. The molecule has 0 amide bonds. The summed E-state index contributed by atoms with van der Waals surface area (Å²) in [5.41, 5.74) is 6.06. The average molecular weight is 299 g/mol. The van der Waals surface area contributed by atoms with Crippen molar-refractivity contribution in [2.45, 2.75) is 39.5 Å². The summed E-state index contributed by atoms with van der Waals surface area (Å²) in [6.07, 6.45) is 3.84. The van der Waals surface area contributed by atoms with Crippen LogP contribution in [0.5, 0.6) is 0 Å². The highest BCUT2D eigenvalue weighted by molar-refractivity contribution is 7.99. The molecule has 1 aromatic carbocycles. The minimum Gasteiger partial charge on any atom is -0.262 e. The Kier molecular flexibility index (Phi) is 7.24. The van der Waals surface area contributed by atoms with Crippen LogP contribution in [0.3, 0.4) is 0 Å². The molecule has 0 saturated heterocycles. The lowest BCUT2D eigenvalue weighted by atomic mass is 10.0. The Morgan fingerprint density at radius 1 is 1.14 bits per heavy atom. The van der Waals surface area contributed by atoms with Crippen LogP contribution in [0.2, 0.25) is 0 Å². The molecule has 0 aliphatic carbocycles. The van der Waals surface area contributed by atoms with E-state index in [9.17, 15) is 0 Å². The maximum Gasteiger partial charge on any atom is 0.0330 e. The lowest BCUT2D eigenvalue weighted by Gasteiger charge is -2.06. The molecule has 0 aliphatic heterocycles. The van der Waals surface area contributed by atoms with Crippen molar-refractivity contribution < 1.29 is 0 Å². The Labute approximate surface area is 133 Å². The van der Waals surface area contributed by atoms with Crippen LogP contribution in [-0.4, -0.2) is 12.0 Å². The van der Waals surface area contributed by atoms with Crippen molar-refractivity contribution in [3.8, 4) is 0 Å². The number of hydrogen-bond acceptors (Lipinski definition) is 2. The Balaban J connectivity index is 2.60. The summed E-state index contributed by atoms with van der Waals surface area (Å²) in [6, 6.07) is 8.72. The zero-order valence-electron chi connectivity index (χ0n) is 13.7. The first-order chi connectivity index (χ1) is 9.93. The number of thioether (sulfide) groups is 1. The predicted molar refractivity (Wildman–Crippen MR) is 98.2 cm³/mol. The molecule has 0 spiro atoms. The summed E-state index contributed by atoms with van der Waals surface area (Å²) >= 11 is 1.79. The van der Waals surface area contributed by atoms with E-state index in [4.69, 9.17) is 0 Å². The minimum absolute atomic E-state index is 0.863. The molecule has 0 saturated carbocycles. The molecule has 0 atom stereocenters. The van der Waals surface area contributed by atoms with Gasteiger partial charge in [-0.25, -0.2) is 0 Å². The van der Waals surface area contributed by atoms with E-state index in [1.165, 1.54) is 21.6 Å². The normalized spacial score (nSPS) is 11.8. The molecule has 21 heavy (non-hydrogen) atoms. The second-order valence-electron chi connectivity index (χ2n) is 5.28. The van der Waals surface area contributed by atoms with Crippen LogP contribution in [0, 0.1) is 0 Å². The molecule has 0 N–H and O–H groups in total. The van der Waals surface area contributed by atoms with Crippen LogP contribution in [0.1, 0.15) is 40.2 Å². The van der Waals surface area contributed by atoms with Gasteiger partial charge >= 0.3 is 0 Å². The SMILES string of the molecule is C=C(C=N/C(C)=C\C)CSc1ccc(C(C)=C(C)C)cc1. The van der Waals surface area contributed by atoms with E-state index in [1.54, 1.807) is 11.8 Å². The van der Waals surface area contributed by atoms with Gasteiger partial charge in [0.15, 0.2) is 0 Å². The molecule has 0 aromatic heterocycles. The van der Waals surface area contributed by atoms with Gasteiger partial charge in [-0.3, -0.25) is 4.99 Å². The van der Waals surface area contributed by atoms with Crippen molar-refractivity contribution in [2.24, 2.45) is 4.99 Å². The van der Waals surface area contributed by atoms with Gasteiger partial charge in [0, 0.05) is 22.6 Å².